The van der Waals surface area contributed by atoms with E-state index in [1.807, 2.05) is 62.9 Å². The van der Waals surface area contributed by atoms with Crippen molar-refractivity contribution in [1.29, 1.82) is 0 Å². The van der Waals surface area contributed by atoms with Gasteiger partial charge in [-0.05, 0) is 94.1 Å². The third-order valence-corrected chi connectivity index (χ3v) is 9.93. The summed E-state index contributed by atoms with van der Waals surface area (Å²) < 4.78 is 19.5. The summed E-state index contributed by atoms with van der Waals surface area (Å²) in [5.41, 5.74) is 11.2. The first-order chi connectivity index (χ1) is 20.6. The number of aryl methyl sites for hydroxylation is 2. The van der Waals surface area contributed by atoms with E-state index in [0.29, 0.717) is 29.9 Å². The maximum absolute atomic E-state index is 13.1. The van der Waals surface area contributed by atoms with Crippen LogP contribution in [0.2, 0.25) is 0 Å². The largest absolute Gasteiger partial charge is 0.468 e. The fourth-order valence-corrected chi connectivity index (χ4v) is 7.25. The molecule has 4 N–H and O–H groups in total. The number of piperidine rings is 1. The predicted molar refractivity (Wildman–Crippen MR) is 171 cm³/mol. The topological polar surface area (TPSA) is 129 Å². The lowest BCUT2D eigenvalue weighted by atomic mass is 9.86. The van der Waals surface area contributed by atoms with Gasteiger partial charge in [0.1, 0.15) is 17.2 Å². The number of carbonyl (C=O) groups is 1. The van der Waals surface area contributed by atoms with Crippen molar-refractivity contribution in [3.63, 3.8) is 0 Å². The number of nitrogens with one attached hydrogen (secondary N) is 2. The van der Waals surface area contributed by atoms with Crippen molar-refractivity contribution >= 4 is 50.9 Å². The van der Waals surface area contributed by atoms with E-state index in [9.17, 15) is 9.00 Å². The highest BCUT2D eigenvalue weighted by molar-refractivity contribution is 7.85. The van der Waals surface area contributed by atoms with Crippen LogP contribution in [-0.2, 0) is 15.6 Å². The lowest BCUT2D eigenvalue weighted by Crippen LogP contribution is -2.39. The molecule has 43 heavy (non-hydrogen) atoms. The zero-order chi connectivity index (χ0) is 30.4. The Morgan fingerprint density at radius 2 is 1.91 bits per heavy atom. The van der Waals surface area contributed by atoms with E-state index in [4.69, 9.17) is 20.4 Å². The van der Waals surface area contributed by atoms with Crippen LogP contribution in [-0.4, -0.2) is 61.1 Å². The molecule has 1 saturated heterocycles. The number of primary amides is 1. The van der Waals surface area contributed by atoms with Crippen molar-refractivity contribution in [3.8, 4) is 5.75 Å². The minimum Gasteiger partial charge on any atom is -0.468 e. The number of rotatable bonds is 8. The Labute approximate surface area is 254 Å². The van der Waals surface area contributed by atoms with E-state index in [1.54, 1.807) is 0 Å². The average Bonchev–Trinajstić information content (AvgIpc) is 3.50. The summed E-state index contributed by atoms with van der Waals surface area (Å²) in [5, 5.41) is 4.32. The zero-order valence-electron chi connectivity index (χ0n) is 25.3. The summed E-state index contributed by atoms with van der Waals surface area (Å²) in [5.74, 6) is 2.07. The van der Waals surface area contributed by atoms with Gasteiger partial charge in [0.15, 0.2) is 6.23 Å². The number of aromatic nitrogens is 3. The van der Waals surface area contributed by atoms with Crippen molar-refractivity contribution in [2.75, 3.05) is 29.9 Å². The van der Waals surface area contributed by atoms with E-state index < -0.39 is 10.8 Å². The molecule has 2 atom stereocenters. The first-order valence-corrected chi connectivity index (χ1v) is 16.1. The summed E-state index contributed by atoms with van der Waals surface area (Å²) in [6.45, 7) is 12.1. The third-order valence-electron chi connectivity index (χ3n) is 8.29. The highest BCUT2D eigenvalue weighted by atomic mass is 32.2. The molecule has 0 bridgehead atoms. The summed E-state index contributed by atoms with van der Waals surface area (Å²) in [7, 11) is -1.17. The van der Waals surface area contributed by atoms with Crippen LogP contribution in [0, 0.1) is 13.8 Å². The second-order valence-corrected chi connectivity index (χ2v) is 13.8. The molecule has 10 nitrogen and oxygen atoms in total. The zero-order valence-corrected chi connectivity index (χ0v) is 26.1. The van der Waals surface area contributed by atoms with Gasteiger partial charge < -0.3 is 20.8 Å². The number of aromatic amines is 1. The molecule has 2 aliphatic heterocycles. The van der Waals surface area contributed by atoms with Crippen LogP contribution in [0.3, 0.4) is 0 Å². The fourth-order valence-electron chi connectivity index (χ4n) is 6.19. The first kappa shape index (κ1) is 29.1. The Balaban J connectivity index is 1.34. The van der Waals surface area contributed by atoms with E-state index in [-0.39, 0.29) is 17.4 Å². The number of carbonyl (C=O) groups excluding carboxylic acids is 1. The van der Waals surface area contributed by atoms with Crippen LogP contribution >= 0.6 is 0 Å². The number of nitrogens with zero attached hydrogens (tertiary/aromatic N) is 4. The number of ether oxygens (including phenoxy) is 1. The molecule has 4 aromatic rings. The molecule has 6 rings (SSSR count). The van der Waals surface area contributed by atoms with E-state index >= 15 is 0 Å². The molecule has 4 heterocycles. The molecule has 1 fully saturated rings. The van der Waals surface area contributed by atoms with Crippen LogP contribution in [0.15, 0.2) is 47.4 Å². The van der Waals surface area contributed by atoms with Gasteiger partial charge in [-0.25, -0.2) is 0 Å². The normalized spacial score (nSPS) is 18.2. The number of amides is 1. The maximum Gasteiger partial charge on any atom is 0.237 e. The van der Waals surface area contributed by atoms with Crippen LogP contribution in [0.25, 0.3) is 11.0 Å². The van der Waals surface area contributed by atoms with Gasteiger partial charge >= 0.3 is 0 Å². The van der Waals surface area contributed by atoms with Gasteiger partial charge in [-0.2, -0.15) is 9.97 Å². The van der Waals surface area contributed by atoms with E-state index in [1.165, 1.54) is 11.1 Å². The number of para-hydroxylation sites is 1. The molecule has 1 amide bonds. The number of fused-ring (bicyclic) bond motifs is 2. The van der Waals surface area contributed by atoms with Gasteiger partial charge in [-0.1, -0.05) is 26.0 Å². The Hall–Kier alpha value is -3.96. The van der Waals surface area contributed by atoms with Crippen LogP contribution in [0.1, 0.15) is 56.4 Å². The number of H-pyrrole nitrogens is 1. The monoisotopic (exact) mass is 601 g/mol. The molecular weight excluding hydrogens is 562 g/mol. The lowest BCUT2D eigenvalue weighted by Gasteiger charge is -2.32. The van der Waals surface area contributed by atoms with Gasteiger partial charge in [0.25, 0.3) is 0 Å². The Morgan fingerprint density at radius 1 is 1.16 bits per heavy atom. The van der Waals surface area contributed by atoms with Crippen molar-refractivity contribution < 1.29 is 13.7 Å². The van der Waals surface area contributed by atoms with Gasteiger partial charge in [-0.3, -0.25) is 18.8 Å². The standard InChI is InChI=1S/C32H39N7O3S/c1-18(2)43(41)28-9-7-6-8-25(28)35-31-24-15-20(4)34-30(24)36-32(37-31)39-21(5)42-27-16-23(19(3)14-26(27)39)22-10-12-38(13-11-22)17-29(33)40/h6-9,14-16,18,21-22H,10-13,17H2,1-5H3,(H2,33,40)(H2,34,35,36,37). The highest BCUT2D eigenvalue weighted by Crippen LogP contribution is 2.45. The molecule has 2 unspecified atom stereocenters. The SMILES string of the molecule is Cc1cc2c(Nc3ccccc3S(=O)C(C)C)nc(N3c4cc(C)c(C5CCN(CC(N)=O)CC5)cc4OC3C)nc2[nH]1. The average molecular weight is 602 g/mol. The van der Waals surface area contributed by atoms with Crippen LogP contribution in [0.4, 0.5) is 23.1 Å². The van der Waals surface area contributed by atoms with E-state index in [2.05, 4.69) is 34.3 Å². The maximum atomic E-state index is 13.1. The van der Waals surface area contributed by atoms with Crippen molar-refractivity contribution in [2.45, 2.75) is 69.8 Å². The molecule has 2 aromatic carbocycles. The summed E-state index contributed by atoms with van der Waals surface area (Å²) in [6, 6.07) is 14.0. The van der Waals surface area contributed by atoms with Crippen molar-refractivity contribution in [1.82, 2.24) is 19.9 Å². The predicted octanol–water partition coefficient (Wildman–Crippen LogP) is 5.38. The third kappa shape index (κ3) is 5.71. The molecule has 2 aliphatic rings. The smallest absolute Gasteiger partial charge is 0.237 e. The molecule has 0 saturated carbocycles. The fraction of sp³-hybridized carbons (Fsp3) is 0.406. The Morgan fingerprint density at radius 3 is 2.63 bits per heavy atom. The molecule has 0 aliphatic carbocycles. The van der Waals surface area contributed by atoms with E-state index in [0.717, 1.165) is 59.0 Å². The minimum absolute atomic E-state index is 0.0200. The van der Waals surface area contributed by atoms with Crippen LogP contribution < -0.4 is 20.7 Å². The molecule has 0 spiro atoms. The number of likely N-dealkylation sites (tertiary alicyclic amines) is 1. The summed E-state index contributed by atoms with van der Waals surface area (Å²) in [4.78, 5) is 29.6. The molecule has 226 valence electrons. The number of hydrogen-bond donors (Lipinski definition) is 3. The van der Waals surface area contributed by atoms with Crippen molar-refractivity contribution in [2.24, 2.45) is 5.73 Å². The lowest BCUT2D eigenvalue weighted by molar-refractivity contribution is -0.119. The second-order valence-electron chi connectivity index (χ2n) is 11.8. The van der Waals surface area contributed by atoms with Crippen molar-refractivity contribution in [3.05, 3.63) is 59.3 Å². The van der Waals surface area contributed by atoms with Gasteiger partial charge in [-0.15, -0.1) is 0 Å². The minimum atomic E-state index is -1.17. The van der Waals surface area contributed by atoms with Gasteiger partial charge in [0, 0.05) is 10.9 Å². The second kappa shape index (κ2) is 11.6. The summed E-state index contributed by atoms with van der Waals surface area (Å²) >= 11 is 0. The van der Waals surface area contributed by atoms with Gasteiger partial charge in [0.2, 0.25) is 11.9 Å². The number of anilines is 4. The van der Waals surface area contributed by atoms with Crippen LogP contribution in [0.5, 0.6) is 5.75 Å². The quantitative estimate of drug-likeness (QED) is 0.246. The Bertz CT molecular complexity index is 1710. The molecule has 11 heteroatoms. The molecule has 2 aromatic heterocycles. The number of hydrogen-bond acceptors (Lipinski definition) is 8. The summed E-state index contributed by atoms with van der Waals surface area (Å²) in [6.07, 6.45) is 1.62. The first-order valence-electron chi connectivity index (χ1n) is 14.8. The number of nitrogens with two attached hydrogens (primary N) is 1. The number of benzene rings is 2. The Kier molecular flexibility index (Phi) is 7.87. The molecule has 0 radical (unpaired) electrons. The molecular formula is C32H39N7O3S. The highest BCUT2D eigenvalue weighted by Gasteiger charge is 2.34. The van der Waals surface area contributed by atoms with Gasteiger partial charge in [0.05, 0.1) is 39.0 Å².